The molecule has 2 heterocycles. The molecule has 0 aliphatic rings. The number of H-pyrrole nitrogens is 1. The Hall–Kier alpha value is -2.08. The number of nitrogens with one attached hydrogen (secondary N) is 1. The van der Waals surface area contributed by atoms with Crippen LogP contribution in [0.4, 0.5) is 13.2 Å². The maximum Gasteiger partial charge on any atom is 0.416 e. The van der Waals surface area contributed by atoms with Crippen LogP contribution in [0, 0.1) is 18.4 Å². The molecular formula is C16H13F3N2S. The van der Waals surface area contributed by atoms with E-state index < -0.39 is 11.7 Å². The normalized spacial score (nSPS) is 12.0. The molecule has 0 saturated heterocycles. The average Bonchev–Trinajstić information content (AvgIpc) is 2.86. The second-order valence-electron chi connectivity index (χ2n) is 5.23. The highest BCUT2D eigenvalue weighted by atomic mass is 32.1. The van der Waals surface area contributed by atoms with E-state index in [4.69, 9.17) is 12.2 Å². The number of halogens is 3. The fourth-order valence-electron chi connectivity index (χ4n) is 2.50. The van der Waals surface area contributed by atoms with Crippen molar-refractivity contribution in [1.29, 1.82) is 0 Å². The molecule has 0 radical (unpaired) electrons. The van der Waals surface area contributed by atoms with Gasteiger partial charge in [0.2, 0.25) is 0 Å². The highest BCUT2D eigenvalue weighted by Gasteiger charge is 2.30. The van der Waals surface area contributed by atoms with E-state index in [1.54, 1.807) is 23.0 Å². The summed E-state index contributed by atoms with van der Waals surface area (Å²) in [6.07, 6.45) is -0.821. The summed E-state index contributed by atoms with van der Waals surface area (Å²) < 4.78 is 41.2. The van der Waals surface area contributed by atoms with Gasteiger partial charge in [0.1, 0.15) is 0 Å². The maximum atomic E-state index is 12.9. The van der Waals surface area contributed by atoms with E-state index in [1.165, 1.54) is 6.07 Å². The van der Waals surface area contributed by atoms with Crippen LogP contribution in [0.25, 0.3) is 16.6 Å². The molecule has 3 rings (SSSR count). The molecule has 114 valence electrons. The Morgan fingerprint density at radius 1 is 1.14 bits per heavy atom. The largest absolute Gasteiger partial charge is 0.416 e. The first kappa shape index (κ1) is 14.8. The molecule has 0 bridgehead atoms. The summed E-state index contributed by atoms with van der Waals surface area (Å²) in [5, 5.41) is 0.739. The monoisotopic (exact) mass is 322 g/mol. The third kappa shape index (κ3) is 2.33. The molecular weight excluding hydrogens is 309 g/mol. The van der Waals surface area contributed by atoms with Crippen LogP contribution in [-0.2, 0) is 6.18 Å². The minimum Gasteiger partial charge on any atom is -0.363 e. The van der Waals surface area contributed by atoms with Gasteiger partial charge in [0.25, 0.3) is 0 Å². The van der Waals surface area contributed by atoms with Crippen LogP contribution in [0.2, 0.25) is 0 Å². The van der Waals surface area contributed by atoms with Gasteiger partial charge in [0.05, 0.1) is 21.3 Å². The molecule has 2 aromatic heterocycles. The lowest BCUT2D eigenvalue weighted by molar-refractivity contribution is -0.137. The van der Waals surface area contributed by atoms with Crippen LogP contribution >= 0.6 is 12.2 Å². The standard InChI is InChI=1S/C16H13F3N2S/c1-9-8-20-10(2)14(15(9)22)21-6-5-11-3-4-12(7-13(11)21)16(17,18)19/h3-8H,1-2H3,(H,20,22). The van der Waals surface area contributed by atoms with Crippen molar-refractivity contribution < 1.29 is 13.2 Å². The van der Waals surface area contributed by atoms with Gasteiger partial charge in [-0.25, -0.2) is 0 Å². The van der Waals surface area contributed by atoms with E-state index in [-0.39, 0.29) is 0 Å². The van der Waals surface area contributed by atoms with Gasteiger partial charge in [0, 0.05) is 18.1 Å². The van der Waals surface area contributed by atoms with E-state index in [2.05, 4.69) is 4.98 Å². The first-order valence-corrected chi connectivity index (χ1v) is 7.07. The van der Waals surface area contributed by atoms with Crippen LogP contribution in [0.15, 0.2) is 36.7 Å². The quantitative estimate of drug-likeness (QED) is 0.601. The highest BCUT2D eigenvalue weighted by Crippen LogP contribution is 2.33. The van der Waals surface area contributed by atoms with Crippen molar-refractivity contribution in [2.75, 3.05) is 0 Å². The van der Waals surface area contributed by atoms with Gasteiger partial charge in [-0.1, -0.05) is 18.3 Å². The van der Waals surface area contributed by atoms with Crippen molar-refractivity contribution in [2.24, 2.45) is 0 Å². The van der Waals surface area contributed by atoms with E-state index in [0.717, 1.165) is 28.8 Å². The Morgan fingerprint density at radius 3 is 2.55 bits per heavy atom. The predicted octanol–water partition coefficient (Wildman–Crippen LogP) is 5.32. The van der Waals surface area contributed by atoms with Crippen molar-refractivity contribution >= 4 is 23.1 Å². The summed E-state index contributed by atoms with van der Waals surface area (Å²) in [7, 11) is 0. The fourth-order valence-corrected chi connectivity index (χ4v) is 2.81. The lowest BCUT2D eigenvalue weighted by Crippen LogP contribution is -2.05. The number of benzene rings is 1. The van der Waals surface area contributed by atoms with E-state index >= 15 is 0 Å². The molecule has 0 amide bonds. The molecule has 6 heteroatoms. The van der Waals surface area contributed by atoms with Crippen molar-refractivity contribution in [3.8, 4) is 5.69 Å². The Bertz CT molecular complexity index is 919. The molecule has 0 spiro atoms. The molecule has 0 aliphatic heterocycles. The number of pyridine rings is 1. The maximum absolute atomic E-state index is 12.9. The Morgan fingerprint density at radius 2 is 1.86 bits per heavy atom. The number of alkyl halides is 3. The third-order valence-electron chi connectivity index (χ3n) is 3.69. The Kier molecular flexibility index (Phi) is 3.36. The Balaban J connectivity index is 2.33. The summed E-state index contributed by atoms with van der Waals surface area (Å²) in [5.74, 6) is 0. The van der Waals surface area contributed by atoms with Crippen molar-refractivity contribution in [3.63, 3.8) is 0 Å². The second kappa shape index (κ2) is 4.98. The predicted molar refractivity (Wildman–Crippen MR) is 82.9 cm³/mol. The zero-order valence-corrected chi connectivity index (χ0v) is 12.8. The van der Waals surface area contributed by atoms with Gasteiger partial charge in [-0.05, 0) is 43.0 Å². The molecule has 22 heavy (non-hydrogen) atoms. The summed E-state index contributed by atoms with van der Waals surface area (Å²) in [6.45, 7) is 3.72. The lowest BCUT2D eigenvalue weighted by Gasteiger charge is -2.12. The SMILES string of the molecule is Cc1[nH]cc(C)c(=S)c1-n1ccc2ccc(C(F)(F)F)cc21. The minimum absolute atomic E-state index is 0.489. The molecule has 0 atom stereocenters. The second-order valence-corrected chi connectivity index (χ2v) is 5.64. The summed E-state index contributed by atoms with van der Waals surface area (Å²) in [4.78, 5) is 3.10. The molecule has 0 saturated carbocycles. The van der Waals surface area contributed by atoms with Crippen LogP contribution in [0.1, 0.15) is 16.8 Å². The molecule has 0 unspecified atom stereocenters. The molecule has 1 aromatic carbocycles. The number of aromatic amines is 1. The number of hydrogen-bond donors (Lipinski definition) is 1. The van der Waals surface area contributed by atoms with E-state index in [1.807, 2.05) is 13.8 Å². The average molecular weight is 322 g/mol. The van der Waals surface area contributed by atoms with Crippen LogP contribution in [-0.4, -0.2) is 9.55 Å². The van der Waals surface area contributed by atoms with E-state index in [0.29, 0.717) is 15.7 Å². The van der Waals surface area contributed by atoms with Gasteiger partial charge < -0.3 is 9.55 Å². The smallest absolute Gasteiger partial charge is 0.363 e. The number of fused-ring (bicyclic) bond motifs is 1. The van der Waals surface area contributed by atoms with Gasteiger partial charge in [-0.3, -0.25) is 0 Å². The minimum atomic E-state index is -4.37. The highest BCUT2D eigenvalue weighted by molar-refractivity contribution is 7.71. The van der Waals surface area contributed by atoms with Gasteiger partial charge in [0.15, 0.2) is 0 Å². The van der Waals surface area contributed by atoms with Crippen LogP contribution in [0.5, 0.6) is 0 Å². The summed E-state index contributed by atoms with van der Waals surface area (Å²) in [6, 6.07) is 5.51. The first-order chi connectivity index (χ1) is 10.3. The number of rotatable bonds is 1. The van der Waals surface area contributed by atoms with Crippen molar-refractivity contribution in [1.82, 2.24) is 9.55 Å². The van der Waals surface area contributed by atoms with Gasteiger partial charge in [-0.2, -0.15) is 13.2 Å². The number of aryl methyl sites for hydroxylation is 2. The zero-order chi connectivity index (χ0) is 16.1. The van der Waals surface area contributed by atoms with E-state index in [9.17, 15) is 13.2 Å². The molecule has 0 aliphatic carbocycles. The van der Waals surface area contributed by atoms with Gasteiger partial charge in [-0.15, -0.1) is 0 Å². The van der Waals surface area contributed by atoms with Crippen LogP contribution < -0.4 is 0 Å². The zero-order valence-electron chi connectivity index (χ0n) is 12.0. The number of hydrogen-bond acceptors (Lipinski definition) is 1. The third-order valence-corrected chi connectivity index (χ3v) is 4.21. The Labute approximate surface area is 130 Å². The fraction of sp³-hybridized carbons (Fsp3) is 0.188. The first-order valence-electron chi connectivity index (χ1n) is 6.66. The molecule has 3 aromatic rings. The topological polar surface area (TPSA) is 20.7 Å². The number of aromatic nitrogens is 2. The summed E-state index contributed by atoms with van der Waals surface area (Å²) in [5.41, 5.74) is 2.22. The molecule has 1 N–H and O–H groups in total. The van der Waals surface area contributed by atoms with Crippen LogP contribution in [0.3, 0.4) is 0 Å². The molecule has 2 nitrogen and oxygen atoms in total. The summed E-state index contributed by atoms with van der Waals surface area (Å²) >= 11 is 5.43. The lowest BCUT2D eigenvalue weighted by atomic mass is 10.1. The van der Waals surface area contributed by atoms with Gasteiger partial charge >= 0.3 is 6.18 Å². The van der Waals surface area contributed by atoms with Crippen molar-refractivity contribution in [2.45, 2.75) is 20.0 Å². The van der Waals surface area contributed by atoms with Crippen molar-refractivity contribution in [3.05, 3.63) is 58.0 Å². The molecule has 0 fully saturated rings. The number of nitrogens with zero attached hydrogens (tertiary/aromatic N) is 1.